The summed E-state index contributed by atoms with van der Waals surface area (Å²) < 4.78 is 0. The molecule has 0 saturated heterocycles. The van der Waals surface area contributed by atoms with E-state index in [2.05, 4.69) is 6.08 Å². The minimum atomic E-state index is 0.0809. The monoisotopic (exact) mass is 113 g/mol. The van der Waals surface area contributed by atoms with Gasteiger partial charge in [-0.1, -0.05) is 12.2 Å². The van der Waals surface area contributed by atoms with E-state index >= 15 is 0 Å². The highest BCUT2D eigenvalue weighted by Gasteiger charge is 1.80. The quantitative estimate of drug-likeness (QED) is 0.393. The number of hydrogen-bond donors (Lipinski definition) is 0. The Hall–Kier alpha value is -0.300. The van der Waals surface area contributed by atoms with E-state index in [1.165, 1.54) is 0 Å². The Balaban J connectivity index is 2.72. The number of allylic oxidation sites excluding steroid dienone is 2. The molecule has 8 heavy (non-hydrogen) atoms. The topological polar surface area (TPSA) is 19.9 Å². The summed E-state index contributed by atoms with van der Waals surface area (Å²) in [6, 6.07) is 0. The van der Waals surface area contributed by atoms with Crippen LogP contribution in [0.4, 0.5) is 0 Å². The van der Waals surface area contributed by atoms with Gasteiger partial charge in [0.05, 0.1) is 6.61 Å². The largest absolute Gasteiger partial charge is 0.237 e. The summed E-state index contributed by atoms with van der Waals surface area (Å²) in [5, 5.41) is 9.87. The highest BCUT2D eigenvalue weighted by Crippen LogP contribution is 1.94. The van der Waals surface area contributed by atoms with E-state index in [1.807, 2.05) is 13.0 Å². The van der Waals surface area contributed by atoms with Crippen molar-refractivity contribution in [2.45, 2.75) is 26.2 Å². The predicted octanol–water partition coefficient (Wildman–Crippen LogP) is 2.16. The molecule has 0 amide bonds. The third kappa shape index (κ3) is 5.70. The molecule has 47 valence electrons. The molecule has 0 aliphatic carbocycles. The van der Waals surface area contributed by atoms with Gasteiger partial charge in [0.1, 0.15) is 0 Å². The number of hydrogen-bond acceptors (Lipinski definition) is 0. The Bertz CT molecular complexity index is 57.4. The molecular weight excluding hydrogens is 100 g/mol. The number of rotatable bonds is 4. The third-order valence-corrected chi connectivity index (χ3v) is 1.00. The molecule has 1 nitrogen and oxygen atoms in total. The van der Waals surface area contributed by atoms with Gasteiger partial charge in [-0.05, 0) is 26.2 Å². The van der Waals surface area contributed by atoms with Gasteiger partial charge in [-0.2, -0.15) is 0 Å². The molecule has 0 heterocycles. The summed E-state index contributed by atoms with van der Waals surface area (Å²) in [6.45, 7) is 2.08. The highest BCUT2D eigenvalue weighted by molar-refractivity contribution is 4.75. The van der Waals surface area contributed by atoms with Crippen molar-refractivity contribution in [3.05, 3.63) is 12.2 Å². The van der Waals surface area contributed by atoms with Crippen molar-refractivity contribution in [3.8, 4) is 0 Å². The van der Waals surface area contributed by atoms with Crippen molar-refractivity contribution in [2.75, 3.05) is 6.61 Å². The van der Waals surface area contributed by atoms with Crippen LogP contribution in [0.25, 0.3) is 0 Å². The molecular formula is C7H13O. The SMILES string of the molecule is CC=CCCCC[O]. The Morgan fingerprint density at radius 3 is 2.62 bits per heavy atom. The van der Waals surface area contributed by atoms with E-state index in [4.69, 9.17) is 0 Å². The molecule has 0 aromatic rings. The first-order valence-corrected chi connectivity index (χ1v) is 3.11. The molecule has 0 rings (SSSR count). The fourth-order valence-corrected chi connectivity index (χ4v) is 0.531. The van der Waals surface area contributed by atoms with Gasteiger partial charge in [0.15, 0.2) is 0 Å². The maximum Gasteiger partial charge on any atom is 0.0822 e. The summed E-state index contributed by atoms with van der Waals surface area (Å²) >= 11 is 0. The summed E-state index contributed by atoms with van der Waals surface area (Å²) in [4.78, 5) is 0. The molecule has 0 unspecified atom stereocenters. The van der Waals surface area contributed by atoms with E-state index in [0.29, 0.717) is 0 Å². The lowest BCUT2D eigenvalue weighted by Gasteiger charge is -1.87. The Labute approximate surface area is 51.0 Å². The van der Waals surface area contributed by atoms with Crippen LogP contribution in [0.5, 0.6) is 0 Å². The van der Waals surface area contributed by atoms with Gasteiger partial charge in [-0.25, -0.2) is 5.11 Å². The Kier molecular flexibility index (Phi) is 6.45. The van der Waals surface area contributed by atoms with Crippen LogP contribution in [0, 0.1) is 0 Å². The number of unbranched alkanes of at least 4 members (excludes halogenated alkanes) is 2. The van der Waals surface area contributed by atoms with Crippen molar-refractivity contribution < 1.29 is 5.11 Å². The average Bonchev–Trinajstić information content (AvgIpc) is 1.81. The molecule has 0 aromatic carbocycles. The van der Waals surface area contributed by atoms with Gasteiger partial charge in [-0.15, -0.1) is 0 Å². The van der Waals surface area contributed by atoms with E-state index in [-0.39, 0.29) is 6.61 Å². The zero-order valence-corrected chi connectivity index (χ0v) is 5.39. The smallest absolute Gasteiger partial charge is 0.0822 e. The lowest BCUT2D eigenvalue weighted by Crippen LogP contribution is -1.77. The first-order chi connectivity index (χ1) is 3.91. The van der Waals surface area contributed by atoms with Gasteiger partial charge in [-0.3, -0.25) is 0 Å². The van der Waals surface area contributed by atoms with Crippen molar-refractivity contribution in [2.24, 2.45) is 0 Å². The maximum atomic E-state index is 9.87. The molecule has 0 saturated carbocycles. The van der Waals surface area contributed by atoms with Gasteiger partial charge >= 0.3 is 0 Å². The second kappa shape index (κ2) is 6.70. The van der Waals surface area contributed by atoms with Crippen molar-refractivity contribution in [1.82, 2.24) is 0 Å². The van der Waals surface area contributed by atoms with Crippen LogP contribution >= 0.6 is 0 Å². The van der Waals surface area contributed by atoms with Gasteiger partial charge in [0, 0.05) is 0 Å². The minimum Gasteiger partial charge on any atom is -0.237 e. The van der Waals surface area contributed by atoms with Crippen molar-refractivity contribution in [1.29, 1.82) is 0 Å². The van der Waals surface area contributed by atoms with Crippen LogP contribution in [0.3, 0.4) is 0 Å². The normalized spacial score (nSPS) is 10.8. The lowest BCUT2D eigenvalue weighted by molar-refractivity contribution is 0.187. The molecule has 0 bridgehead atoms. The molecule has 0 aliphatic heterocycles. The van der Waals surface area contributed by atoms with Crippen LogP contribution in [0.1, 0.15) is 26.2 Å². The van der Waals surface area contributed by atoms with E-state index < -0.39 is 0 Å². The first kappa shape index (κ1) is 7.70. The summed E-state index contributed by atoms with van der Waals surface area (Å²) in [7, 11) is 0. The molecule has 0 spiro atoms. The molecule has 1 heteroatoms. The van der Waals surface area contributed by atoms with Crippen LogP contribution in [0.2, 0.25) is 0 Å². The van der Waals surface area contributed by atoms with Gasteiger partial charge in [0.2, 0.25) is 0 Å². The lowest BCUT2D eigenvalue weighted by atomic mass is 10.2. The molecule has 0 aliphatic rings. The standard InChI is InChI=1S/C7H13O/c1-2-3-4-5-6-7-8/h2-3H,4-7H2,1H3. The first-order valence-electron chi connectivity index (χ1n) is 3.11. The van der Waals surface area contributed by atoms with Gasteiger partial charge in [0.25, 0.3) is 0 Å². The van der Waals surface area contributed by atoms with Crippen LogP contribution in [-0.4, -0.2) is 6.61 Å². The zero-order chi connectivity index (χ0) is 6.24. The van der Waals surface area contributed by atoms with Crippen molar-refractivity contribution >= 4 is 0 Å². The van der Waals surface area contributed by atoms with Crippen molar-refractivity contribution in [3.63, 3.8) is 0 Å². The third-order valence-electron chi connectivity index (χ3n) is 1.00. The molecule has 0 fully saturated rings. The van der Waals surface area contributed by atoms with Crippen LogP contribution < -0.4 is 0 Å². The second-order valence-corrected chi connectivity index (χ2v) is 1.77. The van der Waals surface area contributed by atoms with Gasteiger partial charge < -0.3 is 0 Å². The molecule has 0 aromatic heterocycles. The summed E-state index contributed by atoms with van der Waals surface area (Å²) in [6.07, 6.45) is 7.05. The highest BCUT2D eigenvalue weighted by atomic mass is 16.2. The minimum absolute atomic E-state index is 0.0809. The fraction of sp³-hybridized carbons (Fsp3) is 0.714. The molecule has 0 atom stereocenters. The average molecular weight is 113 g/mol. The van der Waals surface area contributed by atoms with E-state index in [1.54, 1.807) is 0 Å². The zero-order valence-electron chi connectivity index (χ0n) is 5.39. The second-order valence-electron chi connectivity index (χ2n) is 1.77. The molecule has 1 radical (unpaired) electrons. The van der Waals surface area contributed by atoms with Crippen LogP contribution in [0.15, 0.2) is 12.2 Å². The van der Waals surface area contributed by atoms with E-state index in [9.17, 15) is 5.11 Å². The fourth-order valence-electron chi connectivity index (χ4n) is 0.531. The Morgan fingerprint density at radius 1 is 1.38 bits per heavy atom. The summed E-state index contributed by atoms with van der Waals surface area (Å²) in [5.74, 6) is 0. The maximum absolute atomic E-state index is 9.87. The summed E-state index contributed by atoms with van der Waals surface area (Å²) in [5.41, 5.74) is 0. The molecule has 0 N–H and O–H groups in total. The van der Waals surface area contributed by atoms with Crippen LogP contribution in [-0.2, 0) is 5.11 Å². The van der Waals surface area contributed by atoms with E-state index in [0.717, 1.165) is 19.3 Å². The Morgan fingerprint density at radius 2 is 2.12 bits per heavy atom. The predicted molar refractivity (Wildman–Crippen MR) is 34.2 cm³/mol.